The Morgan fingerprint density at radius 2 is 2.12 bits per heavy atom. The van der Waals surface area contributed by atoms with E-state index in [9.17, 15) is 13.6 Å². The summed E-state index contributed by atoms with van der Waals surface area (Å²) in [7, 11) is 0. The molecule has 17 heavy (non-hydrogen) atoms. The molecule has 0 radical (unpaired) electrons. The molecule has 2 rings (SSSR count). The highest BCUT2D eigenvalue weighted by molar-refractivity contribution is 6.08. The molecule has 0 amide bonds. The Kier molecular flexibility index (Phi) is 3.36. The summed E-state index contributed by atoms with van der Waals surface area (Å²) in [5.41, 5.74) is 0.612. The highest BCUT2D eigenvalue weighted by atomic mass is 19.1. The maximum absolute atomic E-state index is 13.4. The monoisotopic (exact) mass is 236 g/mol. The molecule has 0 spiro atoms. The third-order valence-corrected chi connectivity index (χ3v) is 3.14. The summed E-state index contributed by atoms with van der Waals surface area (Å²) in [6.07, 6.45) is 4.35. The molecule has 0 heterocycles. The summed E-state index contributed by atoms with van der Waals surface area (Å²) in [4.78, 5) is 12.0. The summed E-state index contributed by atoms with van der Waals surface area (Å²) >= 11 is 0. The molecule has 0 aromatic heterocycles. The average molecular weight is 236 g/mol. The van der Waals surface area contributed by atoms with Crippen molar-refractivity contribution in [1.82, 2.24) is 0 Å². The predicted molar refractivity (Wildman–Crippen MR) is 61.8 cm³/mol. The Balaban J connectivity index is 2.25. The largest absolute Gasteiger partial charge is 0.289 e. The van der Waals surface area contributed by atoms with E-state index in [2.05, 4.69) is 6.92 Å². The van der Waals surface area contributed by atoms with Gasteiger partial charge >= 0.3 is 0 Å². The van der Waals surface area contributed by atoms with E-state index in [1.807, 2.05) is 6.08 Å². The van der Waals surface area contributed by atoms with Gasteiger partial charge < -0.3 is 0 Å². The minimum absolute atomic E-state index is 0.0350. The van der Waals surface area contributed by atoms with Gasteiger partial charge in [0.25, 0.3) is 0 Å². The van der Waals surface area contributed by atoms with Gasteiger partial charge in [-0.25, -0.2) is 8.78 Å². The molecule has 1 atom stereocenters. The lowest BCUT2D eigenvalue weighted by molar-refractivity contribution is 0.102. The van der Waals surface area contributed by atoms with Crippen LogP contribution in [0.2, 0.25) is 0 Å². The van der Waals surface area contributed by atoms with Gasteiger partial charge in [-0.3, -0.25) is 4.79 Å². The molecule has 1 unspecified atom stereocenters. The zero-order valence-corrected chi connectivity index (χ0v) is 9.67. The van der Waals surface area contributed by atoms with Crippen LogP contribution in [0.5, 0.6) is 0 Å². The molecule has 0 fully saturated rings. The van der Waals surface area contributed by atoms with Crippen molar-refractivity contribution in [3.8, 4) is 0 Å². The molecular weight excluding hydrogens is 222 g/mol. The number of hydrogen-bond acceptors (Lipinski definition) is 1. The first-order valence-electron chi connectivity index (χ1n) is 5.76. The topological polar surface area (TPSA) is 17.1 Å². The third kappa shape index (κ3) is 2.60. The number of ketones is 1. The maximum atomic E-state index is 13.4. The van der Waals surface area contributed by atoms with Gasteiger partial charge in [0.2, 0.25) is 0 Å². The Labute approximate surface area is 99.1 Å². The number of halogens is 2. The highest BCUT2D eigenvalue weighted by Gasteiger charge is 2.20. The van der Waals surface area contributed by atoms with Crippen LogP contribution in [0.3, 0.4) is 0 Å². The van der Waals surface area contributed by atoms with Crippen molar-refractivity contribution < 1.29 is 13.6 Å². The van der Waals surface area contributed by atoms with E-state index in [1.54, 1.807) is 0 Å². The number of carbonyl (C=O) groups excluding carboxylic acids is 1. The van der Waals surface area contributed by atoms with Crippen molar-refractivity contribution >= 4 is 5.78 Å². The van der Waals surface area contributed by atoms with Gasteiger partial charge in [-0.15, -0.1) is 0 Å². The SMILES string of the molecule is CC1CC=C(C(=O)c2ccc(F)cc2F)CC1. The Morgan fingerprint density at radius 1 is 1.35 bits per heavy atom. The van der Waals surface area contributed by atoms with Crippen LogP contribution in [0.15, 0.2) is 29.8 Å². The van der Waals surface area contributed by atoms with E-state index in [1.165, 1.54) is 6.07 Å². The van der Waals surface area contributed by atoms with Crippen LogP contribution in [0.1, 0.15) is 36.5 Å². The van der Waals surface area contributed by atoms with E-state index in [-0.39, 0.29) is 11.3 Å². The molecule has 1 aliphatic rings. The standard InChI is InChI=1S/C14H14F2O/c1-9-2-4-10(5-3-9)14(17)12-7-6-11(15)8-13(12)16/h4,6-9H,2-3,5H2,1H3. The van der Waals surface area contributed by atoms with Gasteiger partial charge in [0.05, 0.1) is 5.56 Å². The molecule has 3 heteroatoms. The average Bonchev–Trinajstić information content (AvgIpc) is 2.29. The Hall–Kier alpha value is -1.51. The Bertz CT molecular complexity index is 477. The number of allylic oxidation sites excluding steroid dienone is 2. The quantitative estimate of drug-likeness (QED) is 0.712. The fourth-order valence-corrected chi connectivity index (χ4v) is 2.02. The molecule has 1 aromatic carbocycles. The zero-order chi connectivity index (χ0) is 12.4. The van der Waals surface area contributed by atoms with E-state index in [4.69, 9.17) is 0 Å². The second-order valence-corrected chi connectivity index (χ2v) is 4.56. The number of hydrogen-bond donors (Lipinski definition) is 0. The van der Waals surface area contributed by atoms with Gasteiger partial charge in [-0.05, 0) is 42.9 Å². The molecule has 0 saturated heterocycles. The van der Waals surface area contributed by atoms with Crippen molar-refractivity contribution in [3.63, 3.8) is 0 Å². The Morgan fingerprint density at radius 3 is 2.71 bits per heavy atom. The second kappa shape index (κ2) is 4.78. The minimum atomic E-state index is -0.783. The van der Waals surface area contributed by atoms with Crippen molar-refractivity contribution in [2.75, 3.05) is 0 Å². The first-order valence-corrected chi connectivity index (χ1v) is 5.76. The molecule has 0 N–H and O–H groups in total. The lowest BCUT2D eigenvalue weighted by Gasteiger charge is -2.17. The summed E-state index contributed by atoms with van der Waals surface area (Å²) in [5, 5.41) is 0. The number of carbonyl (C=O) groups is 1. The molecule has 1 aromatic rings. The highest BCUT2D eigenvalue weighted by Crippen LogP contribution is 2.26. The van der Waals surface area contributed by atoms with E-state index >= 15 is 0 Å². The summed E-state index contributed by atoms with van der Waals surface area (Å²) in [6.45, 7) is 2.12. The van der Waals surface area contributed by atoms with Crippen LogP contribution < -0.4 is 0 Å². The summed E-state index contributed by atoms with van der Waals surface area (Å²) in [5.74, 6) is -1.18. The van der Waals surface area contributed by atoms with Crippen molar-refractivity contribution in [2.24, 2.45) is 5.92 Å². The normalized spacial score (nSPS) is 19.9. The maximum Gasteiger partial charge on any atom is 0.191 e. The van der Waals surface area contributed by atoms with Gasteiger partial charge in [-0.2, -0.15) is 0 Å². The molecule has 0 saturated carbocycles. The van der Waals surface area contributed by atoms with Crippen LogP contribution in [-0.2, 0) is 0 Å². The lowest BCUT2D eigenvalue weighted by Crippen LogP contribution is -2.11. The van der Waals surface area contributed by atoms with Crippen LogP contribution >= 0.6 is 0 Å². The van der Waals surface area contributed by atoms with E-state index in [0.717, 1.165) is 25.0 Å². The van der Waals surface area contributed by atoms with Crippen molar-refractivity contribution in [2.45, 2.75) is 26.2 Å². The third-order valence-electron chi connectivity index (χ3n) is 3.14. The smallest absolute Gasteiger partial charge is 0.191 e. The molecule has 1 aliphatic carbocycles. The van der Waals surface area contributed by atoms with Crippen molar-refractivity contribution in [3.05, 3.63) is 47.0 Å². The van der Waals surface area contributed by atoms with Gasteiger partial charge in [0.1, 0.15) is 11.6 Å². The number of benzene rings is 1. The van der Waals surface area contributed by atoms with Gasteiger partial charge in [0, 0.05) is 6.07 Å². The second-order valence-electron chi connectivity index (χ2n) is 4.56. The minimum Gasteiger partial charge on any atom is -0.289 e. The molecule has 90 valence electrons. The molecule has 0 bridgehead atoms. The van der Waals surface area contributed by atoms with E-state index < -0.39 is 11.6 Å². The zero-order valence-electron chi connectivity index (χ0n) is 9.67. The lowest BCUT2D eigenvalue weighted by atomic mass is 9.87. The summed E-state index contributed by atoms with van der Waals surface area (Å²) in [6, 6.07) is 3.08. The molecular formula is C14H14F2O. The first-order chi connectivity index (χ1) is 8.08. The predicted octanol–water partition coefficient (Wildman–Crippen LogP) is 3.89. The van der Waals surface area contributed by atoms with E-state index in [0.29, 0.717) is 17.9 Å². The van der Waals surface area contributed by atoms with Crippen molar-refractivity contribution in [1.29, 1.82) is 0 Å². The van der Waals surface area contributed by atoms with Gasteiger partial charge in [-0.1, -0.05) is 13.0 Å². The summed E-state index contributed by atoms with van der Waals surface area (Å²) < 4.78 is 26.2. The molecule has 1 nitrogen and oxygen atoms in total. The van der Waals surface area contributed by atoms with Crippen LogP contribution in [0.4, 0.5) is 8.78 Å². The van der Waals surface area contributed by atoms with Crippen LogP contribution in [0.25, 0.3) is 0 Å². The fraction of sp³-hybridized carbons (Fsp3) is 0.357. The number of rotatable bonds is 2. The fourth-order valence-electron chi connectivity index (χ4n) is 2.02. The van der Waals surface area contributed by atoms with Gasteiger partial charge in [0.15, 0.2) is 5.78 Å². The number of Topliss-reactive ketones (excluding diaryl/α,β-unsaturated/α-hetero) is 1. The van der Waals surface area contributed by atoms with Crippen LogP contribution in [-0.4, -0.2) is 5.78 Å². The van der Waals surface area contributed by atoms with Crippen LogP contribution in [0, 0.1) is 17.6 Å². The molecule has 0 aliphatic heterocycles. The first kappa shape index (κ1) is 12.0.